The Hall–Kier alpha value is -1.85. The topological polar surface area (TPSA) is 98.2 Å². The Morgan fingerprint density at radius 2 is 2.31 bits per heavy atom. The first-order valence-corrected chi connectivity index (χ1v) is 3.56. The van der Waals surface area contributed by atoms with Gasteiger partial charge in [-0.2, -0.15) is 0 Å². The SMILES string of the molecule is Cc1ncc(C(=O)O)n1CC(N)=O. The number of aromatic carboxylic acids is 1. The first-order valence-electron chi connectivity index (χ1n) is 3.56. The molecule has 1 rings (SSSR count). The third-order valence-electron chi connectivity index (χ3n) is 1.59. The minimum Gasteiger partial charge on any atom is -0.477 e. The summed E-state index contributed by atoms with van der Waals surface area (Å²) in [4.78, 5) is 24.9. The van der Waals surface area contributed by atoms with Gasteiger partial charge < -0.3 is 15.4 Å². The Kier molecular flexibility index (Phi) is 2.32. The number of nitrogens with zero attached hydrogens (tertiary/aromatic N) is 2. The van der Waals surface area contributed by atoms with Crippen molar-refractivity contribution in [3.63, 3.8) is 0 Å². The van der Waals surface area contributed by atoms with Gasteiger partial charge in [0, 0.05) is 0 Å². The summed E-state index contributed by atoms with van der Waals surface area (Å²) in [7, 11) is 0. The molecule has 0 bridgehead atoms. The van der Waals surface area contributed by atoms with Gasteiger partial charge in [-0.15, -0.1) is 0 Å². The third-order valence-corrected chi connectivity index (χ3v) is 1.59. The second-order valence-electron chi connectivity index (χ2n) is 2.55. The van der Waals surface area contributed by atoms with E-state index in [2.05, 4.69) is 4.98 Å². The number of hydrogen-bond acceptors (Lipinski definition) is 3. The number of carboxylic acids is 1. The van der Waals surface area contributed by atoms with E-state index in [0.717, 1.165) is 0 Å². The molecule has 0 aliphatic carbocycles. The van der Waals surface area contributed by atoms with Crippen molar-refractivity contribution >= 4 is 11.9 Å². The zero-order valence-corrected chi connectivity index (χ0v) is 7.02. The molecule has 70 valence electrons. The van der Waals surface area contributed by atoms with Crippen LogP contribution in [0.25, 0.3) is 0 Å². The second kappa shape index (κ2) is 3.26. The number of imidazole rings is 1. The lowest BCUT2D eigenvalue weighted by atomic mass is 10.4. The van der Waals surface area contributed by atoms with Crippen LogP contribution < -0.4 is 5.73 Å². The maximum absolute atomic E-state index is 10.6. The van der Waals surface area contributed by atoms with Crippen molar-refractivity contribution in [2.45, 2.75) is 13.5 Å². The van der Waals surface area contributed by atoms with Crippen LogP contribution in [0.2, 0.25) is 0 Å². The van der Waals surface area contributed by atoms with Crippen LogP contribution in [0.3, 0.4) is 0 Å². The predicted octanol–water partition coefficient (Wildman–Crippen LogP) is -0.625. The van der Waals surface area contributed by atoms with E-state index in [1.54, 1.807) is 6.92 Å². The standard InChI is InChI=1S/C7H9N3O3/c1-4-9-2-5(7(12)13)10(4)3-6(8)11/h2H,3H2,1H3,(H2,8,11)(H,12,13). The number of aromatic nitrogens is 2. The lowest BCUT2D eigenvalue weighted by Gasteiger charge is -2.03. The summed E-state index contributed by atoms with van der Waals surface area (Å²) in [6, 6.07) is 0. The number of aryl methyl sites for hydroxylation is 1. The highest BCUT2D eigenvalue weighted by atomic mass is 16.4. The molecule has 0 aliphatic rings. The summed E-state index contributed by atoms with van der Waals surface area (Å²) in [5, 5.41) is 8.68. The van der Waals surface area contributed by atoms with Gasteiger partial charge in [0.25, 0.3) is 0 Å². The Morgan fingerprint density at radius 3 is 2.77 bits per heavy atom. The van der Waals surface area contributed by atoms with Gasteiger partial charge in [-0.25, -0.2) is 9.78 Å². The summed E-state index contributed by atoms with van der Waals surface area (Å²) < 4.78 is 1.25. The monoisotopic (exact) mass is 183 g/mol. The fraction of sp³-hybridized carbons (Fsp3) is 0.286. The van der Waals surface area contributed by atoms with Crippen molar-refractivity contribution in [1.82, 2.24) is 9.55 Å². The number of hydrogen-bond donors (Lipinski definition) is 2. The van der Waals surface area contributed by atoms with Gasteiger partial charge in [0.2, 0.25) is 5.91 Å². The van der Waals surface area contributed by atoms with Crippen LogP contribution in [0.5, 0.6) is 0 Å². The molecule has 0 saturated heterocycles. The van der Waals surface area contributed by atoms with E-state index in [4.69, 9.17) is 10.8 Å². The van der Waals surface area contributed by atoms with E-state index in [-0.39, 0.29) is 12.2 Å². The smallest absolute Gasteiger partial charge is 0.354 e. The highest BCUT2D eigenvalue weighted by Crippen LogP contribution is 2.03. The first kappa shape index (κ1) is 9.24. The fourth-order valence-corrected chi connectivity index (χ4v) is 0.994. The van der Waals surface area contributed by atoms with Crippen LogP contribution in [0.15, 0.2) is 6.20 Å². The summed E-state index contributed by atoms with van der Waals surface area (Å²) in [5.74, 6) is -1.26. The van der Waals surface area contributed by atoms with Crippen LogP contribution in [0.4, 0.5) is 0 Å². The number of nitrogens with two attached hydrogens (primary N) is 1. The largest absolute Gasteiger partial charge is 0.477 e. The highest BCUT2D eigenvalue weighted by molar-refractivity contribution is 5.86. The molecule has 13 heavy (non-hydrogen) atoms. The third kappa shape index (κ3) is 1.84. The van der Waals surface area contributed by atoms with Crippen molar-refractivity contribution in [1.29, 1.82) is 0 Å². The van der Waals surface area contributed by atoms with Crippen molar-refractivity contribution in [2.75, 3.05) is 0 Å². The van der Waals surface area contributed by atoms with Crippen LogP contribution >= 0.6 is 0 Å². The zero-order chi connectivity index (χ0) is 10.0. The summed E-state index contributed by atoms with van der Waals surface area (Å²) in [5.41, 5.74) is 4.91. The molecule has 0 aliphatic heterocycles. The van der Waals surface area contributed by atoms with Gasteiger partial charge >= 0.3 is 5.97 Å². The molecule has 1 aromatic heterocycles. The van der Waals surface area contributed by atoms with E-state index in [0.29, 0.717) is 5.82 Å². The maximum atomic E-state index is 10.6. The van der Waals surface area contributed by atoms with Gasteiger partial charge in [0.15, 0.2) is 0 Å². The summed E-state index contributed by atoms with van der Waals surface area (Å²) in [6.45, 7) is 1.45. The molecular weight excluding hydrogens is 174 g/mol. The maximum Gasteiger partial charge on any atom is 0.354 e. The van der Waals surface area contributed by atoms with Crippen molar-refractivity contribution < 1.29 is 14.7 Å². The molecule has 0 spiro atoms. The number of carbonyl (C=O) groups is 2. The number of rotatable bonds is 3. The van der Waals surface area contributed by atoms with Crippen molar-refractivity contribution in [3.8, 4) is 0 Å². The molecule has 0 radical (unpaired) electrons. The predicted molar refractivity (Wildman–Crippen MR) is 43.1 cm³/mol. The Labute approximate surface area is 74.0 Å². The molecule has 1 aromatic rings. The number of carboxylic acid groups (broad SMARTS) is 1. The van der Waals surface area contributed by atoms with E-state index < -0.39 is 11.9 Å². The first-order chi connectivity index (χ1) is 6.02. The molecular formula is C7H9N3O3. The molecule has 1 heterocycles. The van der Waals surface area contributed by atoms with Crippen molar-refractivity contribution in [2.24, 2.45) is 5.73 Å². The van der Waals surface area contributed by atoms with E-state index in [1.165, 1.54) is 10.8 Å². The Morgan fingerprint density at radius 1 is 1.69 bits per heavy atom. The molecule has 0 unspecified atom stereocenters. The number of carbonyl (C=O) groups excluding carboxylic acids is 1. The van der Waals surface area contributed by atoms with E-state index in [9.17, 15) is 9.59 Å². The quantitative estimate of drug-likeness (QED) is 0.652. The zero-order valence-electron chi connectivity index (χ0n) is 7.02. The fourth-order valence-electron chi connectivity index (χ4n) is 0.994. The molecule has 6 nitrogen and oxygen atoms in total. The van der Waals surface area contributed by atoms with Crippen LogP contribution in [-0.4, -0.2) is 26.5 Å². The van der Waals surface area contributed by atoms with Crippen LogP contribution in [0.1, 0.15) is 16.3 Å². The van der Waals surface area contributed by atoms with Gasteiger partial charge in [-0.3, -0.25) is 4.79 Å². The van der Waals surface area contributed by atoms with Crippen LogP contribution in [0, 0.1) is 6.92 Å². The summed E-state index contributed by atoms with van der Waals surface area (Å²) in [6.07, 6.45) is 1.20. The van der Waals surface area contributed by atoms with Gasteiger partial charge in [0.1, 0.15) is 18.1 Å². The van der Waals surface area contributed by atoms with Gasteiger partial charge in [0.05, 0.1) is 6.20 Å². The van der Waals surface area contributed by atoms with Gasteiger partial charge in [-0.1, -0.05) is 0 Å². The molecule has 0 atom stereocenters. The normalized spacial score (nSPS) is 9.92. The van der Waals surface area contributed by atoms with Crippen molar-refractivity contribution in [3.05, 3.63) is 17.7 Å². The molecule has 0 aromatic carbocycles. The van der Waals surface area contributed by atoms with Crippen LogP contribution in [-0.2, 0) is 11.3 Å². The Bertz CT molecular complexity index is 356. The highest BCUT2D eigenvalue weighted by Gasteiger charge is 2.13. The number of amides is 1. The molecule has 3 N–H and O–H groups in total. The Balaban J connectivity index is 3.08. The molecule has 0 saturated carbocycles. The van der Waals surface area contributed by atoms with E-state index in [1.807, 2.05) is 0 Å². The number of primary amides is 1. The summed E-state index contributed by atoms with van der Waals surface area (Å²) >= 11 is 0. The molecule has 1 amide bonds. The second-order valence-corrected chi connectivity index (χ2v) is 2.55. The lowest BCUT2D eigenvalue weighted by molar-refractivity contribution is -0.118. The average molecular weight is 183 g/mol. The lowest BCUT2D eigenvalue weighted by Crippen LogP contribution is -2.22. The minimum absolute atomic E-state index is 0.0312. The average Bonchev–Trinajstić information content (AvgIpc) is 2.32. The molecule has 0 fully saturated rings. The van der Waals surface area contributed by atoms with Gasteiger partial charge in [-0.05, 0) is 6.92 Å². The minimum atomic E-state index is -1.12. The molecule has 6 heteroatoms. The van der Waals surface area contributed by atoms with E-state index >= 15 is 0 Å².